The Morgan fingerprint density at radius 1 is 0.606 bits per heavy atom. The Morgan fingerprint density at radius 3 is 1.58 bits per heavy atom. The maximum atomic E-state index is 9.94. The quantitative estimate of drug-likeness (QED) is 0.149. The van der Waals surface area contributed by atoms with E-state index >= 15 is 0 Å². The van der Waals surface area contributed by atoms with E-state index in [0.29, 0.717) is 0 Å². The predicted molar refractivity (Wildman–Crippen MR) is 101 cm³/mol. The Hall–Kier alpha value is -0.640. The highest BCUT2D eigenvalue weighted by atomic mass is 16.7. The summed E-state index contributed by atoms with van der Waals surface area (Å²) in [6.07, 6.45) is -19.9. The normalized spacial score (nSPS) is 42.1. The van der Waals surface area contributed by atoms with Gasteiger partial charge in [-0.05, 0) is 0 Å². The molecule has 198 valence electrons. The van der Waals surface area contributed by atoms with E-state index in [9.17, 15) is 35.7 Å². The summed E-state index contributed by atoms with van der Waals surface area (Å²) in [5.74, 6) is 0. The topological polar surface area (TPSA) is 291 Å². The number of hydrogen-bond acceptors (Lipinski definition) is 16. The molecule has 0 unspecified atom stereocenters. The smallest absolute Gasteiger partial charge is 0.187 e. The SMILES string of the molecule is OC[C@@H](O)[C@H](O)[C@@H](O)CO.OC[C@H]1O[C@H](O[C@H]2[C@H](O)[C@@H](O)[C@H](O)O[C@@H]2CO)[C@H](O)[C@@H](O)[C@@H]1O. The average molecular weight is 494 g/mol. The first kappa shape index (κ1) is 30.4. The molecule has 0 radical (unpaired) electrons. The highest BCUT2D eigenvalue weighted by Crippen LogP contribution is 2.28. The summed E-state index contributed by atoms with van der Waals surface area (Å²) < 4.78 is 15.3. The third-order valence-corrected chi connectivity index (χ3v) is 5.14. The molecule has 0 aromatic carbocycles. The second kappa shape index (κ2) is 14.0. The first-order valence-corrected chi connectivity index (χ1v) is 9.97. The molecule has 2 fully saturated rings. The van der Waals surface area contributed by atoms with Crippen molar-refractivity contribution in [3.05, 3.63) is 0 Å². The molecule has 0 saturated carbocycles. The molecule has 13 atom stereocenters. The van der Waals surface area contributed by atoms with Gasteiger partial charge in [0.15, 0.2) is 12.6 Å². The van der Waals surface area contributed by atoms with Gasteiger partial charge in [0.25, 0.3) is 0 Å². The van der Waals surface area contributed by atoms with Gasteiger partial charge < -0.3 is 80.6 Å². The van der Waals surface area contributed by atoms with Crippen molar-refractivity contribution in [1.82, 2.24) is 0 Å². The van der Waals surface area contributed by atoms with Crippen LogP contribution in [-0.2, 0) is 14.2 Å². The maximum Gasteiger partial charge on any atom is 0.187 e. The molecule has 16 nitrogen and oxygen atoms in total. The van der Waals surface area contributed by atoms with E-state index in [1.54, 1.807) is 0 Å². The third-order valence-electron chi connectivity index (χ3n) is 5.14. The van der Waals surface area contributed by atoms with E-state index in [2.05, 4.69) is 0 Å². The molecule has 13 N–H and O–H groups in total. The summed E-state index contributed by atoms with van der Waals surface area (Å²) in [6, 6.07) is 0. The Labute approximate surface area is 187 Å². The standard InChI is InChI=1S/C12H22O11.C5H12O5/c13-1-3-5(15)6(16)9(19)12(22-3)23-10-4(2-14)21-11(20)8(18)7(10)17;6-1-3(8)5(10)4(9)2-7/h3-20H,1-2H2;3-10H,1-2H2/t3-,4-,5-,6+,7-,8-,9-,10-,11-,12-;3-,4+,5+/m1./s1. The van der Waals surface area contributed by atoms with Crippen molar-refractivity contribution >= 4 is 0 Å². The molecular weight excluding hydrogens is 460 g/mol. The van der Waals surface area contributed by atoms with Crippen molar-refractivity contribution in [2.24, 2.45) is 0 Å². The monoisotopic (exact) mass is 494 g/mol. The van der Waals surface area contributed by atoms with Gasteiger partial charge in [-0.25, -0.2) is 0 Å². The van der Waals surface area contributed by atoms with Crippen LogP contribution in [0, 0.1) is 0 Å². The van der Waals surface area contributed by atoms with Gasteiger partial charge in [0.05, 0.1) is 26.4 Å². The number of aliphatic hydroxyl groups excluding tert-OH is 13. The third kappa shape index (κ3) is 7.67. The summed E-state index contributed by atoms with van der Waals surface area (Å²) in [4.78, 5) is 0. The Bertz CT molecular complexity index is 527. The van der Waals surface area contributed by atoms with Crippen LogP contribution in [0.25, 0.3) is 0 Å². The van der Waals surface area contributed by atoms with Crippen LogP contribution in [0.1, 0.15) is 0 Å². The molecule has 2 heterocycles. The van der Waals surface area contributed by atoms with Crippen LogP contribution in [0.5, 0.6) is 0 Å². The van der Waals surface area contributed by atoms with Gasteiger partial charge in [0.2, 0.25) is 0 Å². The fourth-order valence-corrected chi connectivity index (χ4v) is 3.04. The van der Waals surface area contributed by atoms with Crippen molar-refractivity contribution in [2.45, 2.75) is 79.7 Å². The van der Waals surface area contributed by atoms with E-state index in [1.165, 1.54) is 0 Å². The van der Waals surface area contributed by atoms with Crippen molar-refractivity contribution < 1.29 is 80.6 Å². The van der Waals surface area contributed by atoms with Gasteiger partial charge in [-0.1, -0.05) is 0 Å². The molecular formula is C17H34O16. The molecule has 0 spiro atoms. The number of ether oxygens (including phenoxy) is 3. The van der Waals surface area contributed by atoms with E-state index in [-0.39, 0.29) is 0 Å². The van der Waals surface area contributed by atoms with Crippen LogP contribution in [0.2, 0.25) is 0 Å². The van der Waals surface area contributed by atoms with E-state index in [0.717, 1.165) is 0 Å². The molecule has 2 rings (SSSR count). The van der Waals surface area contributed by atoms with Gasteiger partial charge in [0.1, 0.15) is 67.1 Å². The minimum absolute atomic E-state index is 0.641. The lowest BCUT2D eigenvalue weighted by atomic mass is 9.97. The highest BCUT2D eigenvalue weighted by Gasteiger charge is 2.50. The molecule has 0 amide bonds. The van der Waals surface area contributed by atoms with Crippen molar-refractivity contribution in [3.8, 4) is 0 Å². The molecule has 0 aromatic rings. The molecule has 2 saturated heterocycles. The Kier molecular flexibility index (Phi) is 12.9. The molecule has 16 heteroatoms. The Balaban J connectivity index is 0.000000461. The zero-order chi connectivity index (χ0) is 25.5. The average Bonchev–Trinajstić information content (AvgIpc) is 2.82. The zero-order valence-electron chi connectivity index (χ0n) is 17.4. The minimum Gasteiger partial charge on any atom is -0.394 e. The zero-order valence-corrected chi connectivity index (χ0v) is 17.4. The summed E-state index contributed by atoms with van der Waals surface area (Å²) >= 11 is 0. The second-order valence-electron chi connectivity index (χ2n) is 7.52. The summed E-state index contributed by atoms with van der Waals surface area (Å²) in [5.41, 5.74) is 0. The predicted octanol–water partition coefficient (Wildman–Crippen LogP) is -8.34. The number of rotatable bonds is 8. The van der Waals surface area contributed by atoms with Gasteiger partial charge in [-0.3, -0.25) is 0 Å². The fraction of sp³-hybridized carbons (Fsp3) is 1.00. The number of aliphatic hydroxyl groups is 13. The minimum atomic E-state index is -1.74. The van der Waals surface area contributed by atoms with Crippen molar-refractivity contribution in [1.29, 1.82) is 0 Å². The lowest BCUT2D eigenvalue weighted by Gasteiger charge is -2.45. The van der Waals surface area contributed by atoms with E-state index < -0.39 is 106 Å². The van der Waals surface area contributed by atoms with Crippen LogP contribution < -0.4 is 0 Å². The lowest BCUT2D eigenvalue weighted by Crippen LogP contribution is -2.64. The van der Waals surface area contributed by atoms with Crippen LogP contribution in [0.4, 0.5) is 0 Å². The van der Waals surface area contributed by atoms with Crippen LogP contribution in [0.15, 0.2) is 0 Å². The Morgan fingerprint density at radius 2 is 1.12 bits per heavy atom. The first-order valence-electron chi connectivity index (χ1n) is 9.97. The molecule has 0 aromatic heterocycles. The van der Waals surface area contributed by atoms with Gasteiger partial charge in [0, 0.05) is 0 Å². The number of hydrogen-bond donors (Lipinski definition) is 13. The molecule has 33 heavy (non-hydrogen) atoms. The summed E-state index contributed by atoms with van der Waals surface area (Å²) in [6.45, 7) is -2.63. The van der Waals surface area contributed by atoms with Crippen LogP contribution >= 0.6 is 0 Å². The fourth-order valence-electron chi connectivity index (χ4n) is 3.04. The second-order valence-corrected chi connectivity index (χ2v) is 7.52. The summed E-state index contributed by atoms with van der Waals surface area (Å²) in [5, 5.41) is 119. The van der Waals surface area contributed by atoms with Crippen LogP contribution in [-0.4, -0.2) is 173 Å². The highest BCUT2D eigenvalue weighted by molar-refractivity contribution is 4.93. The molecule has 2 aliphatic heterocycles. The van der Waals surface area contributed by atoms with E-state index in [1.807, 2.05) is 0 Å². The molecule has 0 aliphatic carbocycles. The van der Waals surface area contributed by atoms with Gasteiger partial charge in [-0.15, -0.1) is 0 Å². The lowest BCUT2D eigenvalue weighted by molar-refractivity contribution is -0.355. The molecule has 0 bridgehead atoms. The summed E-state index contributed by atoms with van der Waals surface area (Å²) in [7, 11) is 0. The largest absolute Gasteiger partial charge is 0.394 e. The maximum absolute atomic E-state index is 9.94. The van der Waals surface area contributed by atoms with E-state index in [4.69, 9.17) is 44.8 Å². The van der Waals surface area contributed by atoms with Crippen molar-refractivity contribution in [3.63, 3.8) is 0 Å². The molecule has 2 aliphatic rings. The van der Waals surface area contributed by atoms with Gasteiger partial charge >= 0.3 is 0 Å². The van der Waals surface area contributed by atoms with Crippen molar-refractivity contribution in [2.75, 3.05) is 26.4 Å². The van der Waals surface area contributed by atoms with Gasteiger partial charge in [-0.2, -0.15) is 0 Å². The first-order chi connectivity index (χ1) is 15.4. The van der Waals surface area contributed by atoms with Crippen LogP contribution in [0.3, 0.4) is 0 Å².